The highest BCUT2D eigenvalue weighted by molar-refractivity contribution is 7.91. The van der Waals surface area contributed by atoms with Crippen LogP contribution >= 0.6 is 11.6 Å². The second-order valence-electron chi connectivity index (χ2n) is 7.25. The first kappa shape index (κ1) is 23.1. The summed E-state index contributed by atoms with van der Waals surface area (Å²) in [7, 11) is -4.71. The van der Waals surface area contributed by atoms with Crippen molar-refractivity contribution in [2.24, 2.45) is 0 Å². The lowest BCUT2D eigenvalue weighted by Gasteiger charge is -2.27. The summed E-state index contributed by atoms with van der Waals surface area (Å²) < 4.78 is 53.3. The van der Waals surface area contributed by atoms with Gasteiger partial charge in [-0.3, -0.25) is 9.59 Å². The quantitative estimate of drug-likeness (QED) is 0.607. The van der Waals surface area contributed by atoms with Crippen molar-refractivity contribution in [1.82, 2.24) is 0 Å². The van der Waals surface area contributed by atoms with Crippen molar-refractivity contribution in [3.8, 4) is 0 Å². The highest BCUT2D eigenvalue weighted by Gasteiger charge is 2.44. The number of hydrogen-bond donors (Lipinski definition) is 1. The Kier molecular flexibility index (Phi) is 6.96. The second-order valence-corrected chi connectivity index (χ2v) is 9.60. The number of hydrogen-bond acceptors (Lipinski definition) is 5. The first-order chi connectivity index (χ1) is 14.6. The van der Waals surface area contributed by atoms with Gasteiger partial charge in [-0.25, -0.2) is 8.42 Å². The van der Waals surface area contributed by atoms with Gasteiger partial charge < -0.3 is 10.1 Å². The van der Waals surface area contributed by atoms with Crippen molar-refractivity contribution in [2.45, 2.75) is 41.8 Å². The fourth-order valence-electron chi connectivity index (χ4n) is 3.66. The molecule has 1 fully saturated rings. The van der Waals surface area contributed by atoms with E-state index in [-0.39, 0.29) is 5.69 Å². The van der Waals surface area contributed by atoms with Crippen molar-refractivity contribution in [3.63, 3.8) is 0 Å². The van der Waals surface area contributed by atoms with E-state index in [1.165, 1.54) is 12.1 Å². The summed E-state index contributed by atoms with van der Waals surface area (Å²) in [5.41, 5.74) is 0.147. The van der Waals surface area contributed by atoms with Crippen molar-refractivity contribution in [1.29, 1.82) is 0 Å². The van der Waals surface area contributed by atoms with Gasteiger partial charge in [0.1, 0.15) is 0 Å². The first-order valence-corrected chi connectivity index (χ1v) is 11.4. The summed E-state index contributed by atoms with van der Waals surface area (Å²) in [5, 5.41) is 2.99. The van der Waals surface area contributed by atoms with Gasteiger partial charge in [0.2, 0.25) is 9.84 Å². The molecule has 0 saturated heterocycles. The predicted octanol–water partition coefficient (Wildman–Crippen LogP) is 4.33. The number of sulfone groups is 1. The molecule has 3 rings (SSSR count). The minimum atomic E-state index is -4.71. The minimum absolute atomic E-state index is 0.183. The van der Waals surface area contributed by atoms with E-state index in [4.69, 9.17) is 16.3 Å². The summed E-state index contributed by atoms with van der Waals surface area (Å²) in [6.07, 6.45) is 2.93. The van der Waals surface area contributed by atoms with Crippen LogP contribution in [0.2, 0.25) is 5.02 Å². The van der Waals surface area contributed by atoms with Crippen LogP contribution in [0.4, 0.5) is 14.5 Å². The van der Waals surface area contributed by atoms with E-state index in [9.17, 15) is 26.8 Å². The van der Waals surface area contributed by atoms with Crippen molar-refractivity contribution in [3.05, 3.63) is 59.1 Å². The van der Waals surface area contributed by atoms with Crippen LogP contribution in [0, 0.1) is 0 Å². The van der Waals surface area contributed by atoms with Crippen LogP contribution in [0.25, 0.3) is 0 Å². The fourth-order valence-corrected chi connectivity index (χ4v) is 4.50. The highest BCUT2D eigenvalue weighted by Crippen LogP contribution is 2.42. The molecule has 0 aromatic heterocycles. The number of amides is 1. The van der Waals surface area contributed by atoms with Crippen LogP contribution < -0.4 is 5.32 Å². The molecule has 2 aromatic rings. The zero-order valence-corrected chi connectivity index (χ0v) is 17.9. The number of alkyl halides is 2. The molecule has 0 heterocycles. The van der Waals surface area contributed by atoms with Crippen LogP contribution in [-0.4, -0.2) is 32.7 Å². The van der Waals surface area contributed by atoms with Crippen LogP contribution in [0.3, 0.4) is 0 Å². The number of esters is 1. The number of halogens is 3. The third kappa shape index (κ3) is 5.04. The first-order valence-electron chi connectivity index (χ1n) is 9.50. The molecule has 1 aliphatic carbocycles. The Morgan fingerprint density at radius 2 is 1.61 bits per heavy atom. The van der Waals surface area contributed by atoms with Crippen LogP contribution in [-0.2, 0) is 29.6 Å². The molecule has 1 N–H and O–H groups in total. The van der Waals surface area contributed by atoms with Gasteiger partial charge in [0.15, 0.2) is 6.61 Å². The van der Waals surface area contributed by atoms with Crippen molar-refractivity contribution >= 4 is 39.0 Å². The van der Waals surface area contributed by atoms with E-state index in [0.29, 0.717) is 17.9 Å². The minimum Gasteiger partial charge on any atom is -0.455 e. The molecule has 0 atom stereocenters. The van der Waals surface area contributed by atoms with Gasteiger partial charge in [0, 0.05) is 10.7 Å². The van der Waals surface area contributed by atoms with Crippen LogP contribution in [0.5, 0.6) is 0 Å². The summed E-state index contributed by atoms with van der Waals surface area (Å²) in [5.74, 6) is -4.67. The molecule has 1 aliphatic rings. The average Bonchev–Trinajstić information content (AvgIpc) is 3.24. The lowest BCUT2D eigenvalue weighted by atomic mass is 9.79. The Balaban J connectivity index is 1.62. The van der Waals surface area contributed by atoms with Gasteiger partial charge in [-0.05, 0) is 54.8 Å². The third-order valence-corrected chi connectivity index (χ3v) is 6.93. The lowest BCUT2D eigenvalue weighted by Crippen LogP contribution is -2.36. The number of benzene rings is 2. The van der Waals surface area contributed by atoms with Gasteiger partial charge in [-0.15, -0.1) is 0 Å². The van der Waals surface area contributed by atoms with E-state index in [2.05, 4.69) is 5.32 Å². The smallest absolute Gasteiger partial charge is 0.341 e. The molecule has 0 radical (unpaired) electrons. The molecule has 31 heavy (non-hydrogen) atoms. The van der Waals surface area contributed by atoms with Gasteiger partial charge in [-0.2, -0.15) is 8.78 Å². The van der Waals surface area contributed by atoms with E-state index in [1.807, 2.05) is 0 Å². The third-order valence-electron chi connectivity index (χ3n) is 5.28. The molecule has 6 nitrogen and oxygen atoms in total. The van der Waals surface area contributed by atoms with Crippen LogP contribution in [0.1, 0.15) is 31.2 Å². The number of rotatable bonds is 7. The van der Waals surface area contributed by atoms with E-state index >= 15 is 0 Å². The van der Waals surface area contributed by atoms with Crippen LogP contribution in [0.15, 0.2) is 53.4 Å². The predicted molar refractivity (Wildman–Crippen MR) is 111 cm³/mol. The zero-order chi connectivity index (χ0) is 22.6. The topological polar surface area (TPSA) is 89.5 Å². The molecule has 0 unspecified atom stereocenters. The molecule has 2 aromatic carbocycles. The lowest BCUT2D eigenvalue weighted by molar-refractivity contribution is -0.153. The zero-order valence-electron chi connectivity index (χ0n) is 16.3. The van der Waals surface area contributed by atoms with Crippen molar-refractivity contribution in [2.75, 3.05) is 11.9 Å². The summed E-state index contributed by atoms with van der Waals surface area (Å²) in [6.45, 7) is -0.536. The number of ether oxygens (including phenoxy) is 1. The number of anilines is 1. The Labute approximate surface area is 183 Å². The molecule has 166 valence electrons. The van der Waals surface area contributed by atoms with E-state index in [0.717, 1.165) is 30.5 Å². The Hall–Kier alpha value is -2.52. The van der Waals surface area contributed by atoms with Gasteiger partial charge in [-0.1, -0.05) is 36.6 Å². The summed E-state index contributed by atoms with van der Waals surface area (Å²) >= 11 is 5.93. The largest absolute Gasteiger partial charge is 0.455 e. The molecule has 0 aliphatic heterocycles. The molecule has 10 heteroatoms. The highest BCUT2D eigenvalue weighted by atomic mass is 35.5. The maximum absolute atomic E-state index is 12.9. The molecule has 0 bridgehead atoms. The maximum Gasteiger partial charge on any atom is 0.341 e. The second kappa shape index (κ2) is 9.32. The number of nitrogens with one attached hydrogen (secondary N) is 1. The fraction of sp³-hybridized carbons (Fsp3) is 0.333. The summed E-state index contributed by atoms with van der Waals surface area (Å²) in [4.78, 5) is 24.5. The number of carbonyl (C=O) groups is 2. The summed E-state index contributed by atoms with van der Waals surface area (Å²) in [6, 6.07) is 11.3. The van der Waals surface area contributed by atoms with E-state index < -0.39 is 44.4 Å². The van der Waals surface area contributed by atoms with Gasteiger partial charge in [0.05, 0.1) is 10.3 Å². The monoisotopic (exact) mass is 471 g/mol. The Bertz CT molecular complexity index is 1050. The van der Waals surface area contributed by atoms with E-state index in [1.54, 1.807) is 24.3 Å². The average molecular weight is 472 g/mol. The standard InChI is InChI=1S/C21H20ClF2NO5S/c22-15-5-3-14(4-6-15)21(11-1-2-12-21)19(27)30-13-18(26)25-16-7-9-17(10-8-16)31(28,29)20(23)24/h3-10,20H,1-2,11-13H2,(H,25,26). The molecule has 1 saturated carbocycles. The Morgan fingerprint density at radius 1 is 1.03 bits per heavy atom. The maximum atomic E-state index is 12.9. The molecular weight excluding hydrogens is 452 g/mol. The number of carbonyl (C=O) groups excluding carboxylic acids is 2. The Morgan fingerprint density at radius 3 is 2.16 bits per heavy atom. The SMILES string of the molecule is O=C(COC(=O)C1(c2ccc(Cl)cc2)CCCC1)Nc1ccc(S(=O)(=O)C(F)F)cc1. The van der Waals surface area contributed by atoms with Gasteiger partial charge in [0.25, 0.3) is 5.91 Å². The van der Waals surface area contributed by atoms with Crippen molar-refractivity contribution < 1.29 is 31.5 Å². The normalized spacial score (nSPS) is 15.6. The molecule has 0 spiro atoms. The molecular formula is C21H20ClF2NO5S. The molecule has 1 amide bonds. The van der Waals surface area contributed by atoms with Gasteiger partial charge >= 0.3 is 11.7 Å².